The van der Waals surface area contributed by atoms with E-state index >= 15 is 0 Å². The highest BCUT2D eigenvalue weighted by Gasteiger charge is 2.12. The number of nitrogens with one attached hydrogen (secondary N) is 1. The first-order valence-electron chi connectivity index (χ1n) is 6.02. The van der Waals surface area contributed by atoms with Gasteiger partial charge in [-0.25, -0.2) is 14.2 Å². The largest absolute Gasteiger partial charge is 0.478 e. The standard InChI is InChI=1S/C13H10FN5O2/c1-7-17-18-12-11(15-4-5-19(7)12)16-8-2-3-9(13(20)21)10(14)6-8/h2-6H,1H3,(H,15,16)(H,20,21). The molecule has 0 atom stereocenters. The molecule has 3 rings (SSSR count). The molecular weight excluding hydrogens is 277 g/mol. The van der Waals surface area contributed by atoms with E-state index < -0.39 is 11.8 Å². The quantitative estimate of drug-likeness (QED) is 0.765. The van der Waals surface area contributed by atoms with Crippen LogP contribution in [0.25, 0.3) is 5.65 Å². The number of fused-ring (bicyclic) bond motifs is 1. The fourth-order valence-electron chi connectivity index (χ4n) is 1.93. The van der Waals surface area contributed by atoms with Gasteiger partial charge in [0.25, 0.3) is 0 Å². The molecular formula is C13H10FN5O2. The Balaban J connectivity index is 1.99. The second-order valence-electron chi connectivity index (χ2n) is 4.34. The van der Waals surface area contributed by atoms with Gasteiger partial charge in [-0.3, -0.25) is 4.40 Å². The second kappa shape index (κ2) is 4.82. The Morgan fingerprint density at radius 2 is 2.19 bits per heavy atom. The van der Waals surface area contributed by atoms with Gasteiger partial charge in [0.1, 0.15) is 11.6 Å². The molecule has 0 unspecified atom stereocenters. The lowest BCUT2D eigenvalue weighted by Gasteiger charge is -2.07. The van der Waals surface area contributed by atoms with Crippen LogP contribution in [0.3, 0.4) is 0 Å². The molecule has 0 fully saturated rings. The molecule has 1 aromatic carbocycles. The Hall–Kier alpha value is -3.03. The van der Waals surface area contributed by atoms with Crippen LogP contribution in [0, 0.1) is 12.7 Å². The number of anilines is 2. The van der Waals surface area contributed by atoms with Crippen LogP contribution >= 0.6 is 0 Å². The van der Waals surface area contributed by atoms with Gasteiger partial charge < -0.3 is 10.4 Å². The lowest BCUT2D eigenvalue weighted by Crippen LogP contribution is -2.02. The summed E-state index contributed by atoms with van der Waals surface area (Å²) in [5.74, 6) is -1.03. The second-order valence-corrected chi connectivity index (χ2v) is 4.34. The third-order valence-electron chi connectivity index (χ3n) is 2.96. The van der Waals surface area contributed by atoms with Gasteiger partial charge in [0, 0.05) is 18.1 Å². The number of aromatic nitrogens is 4. The van der Waals surface area contributed by atoms with Crippen molar-refractivity contribution >= 4 is 23.1 Å². The van der Waals surface area contributed by atoms with Crippen LogP contribution in [0.5, 0.6) is 0 Å². The van der Waals surface area contributed by atoms with Crippen molar-refractivity contribution in [3.8, 4) is 0 Å². The number of nitrogens with zero attached hydrogens (tertiary/aromatic N) is 4. The first-order chi connectivity index (χ1) is 10.1. The topological polar surface area (TPSA) is 92.4 Å². The highest BCUT2D eigenvalue weighted by atomic mass is 19.1. The van der Waals surface area contributed by atoms with Crippen LogP contribution in [0.2, 0.25) is 0 Å². The van der Waals surface area contributed by atoms with Crippen molar-refractivity contribution in [1.82, 2.24) is 19.6 Å². The summed E-state index contributed by atoms with van der Waals surface area (Å²) in [6.45, 7) is 1.80. The lowest BCUT2D eigenvalue weighted by atomic mass is 10.2. The van der Waals surface area contributed by atoms with Crippen molar-refractivity contribution in [3.05, 3.63) is 47.8 Å². The Labute approximate surface area is 118 Å². The van der Waals surface area contributed by atoms with Crippen molar-refractivity contribution in [2.45, 2.75) is 6.92 Å². The van der Waals surface area contributed by atoms with Gasteiger partial charge in [-0.15, -0.1) is 10.2 Å². The normalized spacial score (nSPS) is 10.8. The van der Waals surface area contributed by atoms with E-state index in [2.05, 4.69) is 20.5 Å². The van der Waals surface area contributed by atoms with E-state index in [1.54, 1.807) is 23.7 Å². The summed E-state index contributed by atoms with van der Waals surface area (Å²) in [6, 6.07) is 3.74. The number of halogens is 1. The van der Waals surface area contributed by atoms with Gasteiger partial charge in [0.05, 0.1) is 5.56 Å². The third-order valence-corrected chi connectivity index (χ3v) is 2.96. The van der Waals surface area contributed by atoms with Crippen LogP contribution in [0.4, 0.5) is 15.9 Å². The summed E-state index contributed by atoms with van der Waals surface area (Å²) in [5.41, 5.74) is 0.488. The van der Waals surface area contributed by atoms with Crippen LogP contribution < -0.4 is 5.32 Å². The molecule has 2 heterocycles. The van der Waals surface area contributed by atoms with Crippen molar-refractivity contribution in [2.75, 3.05) is 5.32 Å². The van der Waals surface area contributed by atoms with Gasteiger partial charge in [-0.1, -0.05) is 0 Å². The molecule has 0 saturated heterocycles. The van der Waals surface area contributed by atoms with Crippen molar-refractivity contribution in [1.29, 1.82) is 0 Å². The van der Waals surface area contributed by atoms with E-state index in [-0.39, 0.29) is 5.56 Å². The maximum absolute atomic E-state index is 13.6. The minimum Gasteiger partial charge on any atom is -0.478 e. The summed E-state index contributed by atoms with van der Waals surface area (Å²) in [4.78, 5) is 14.9. The Bertz CT molecular complexity index is 846. The Kier molecular flexibility index (Phi) is 2.98. The van der Waals surface area contributed by atoms with Gasteiger partial charge in [-0.2, -0.15) is 0 Å². The van der Waals surface area contributed by atoms with Gasteiger partial charge >= 0.3 is 5.97 Å². The minimum atomic E-state index is -1.31. The molecule has 0 aliphatic carbocycles. The number of carbonyl (C=O) groups is 1. The van der Waals surface area contributed by atoms with Crippen molar-refractivity contribution < 1.29 is 14.3 Å². The van der Waals surface area contributed by atoms with E-state index in [4.69, 9.17) is 5.11 Å². The molecule has 0 aliphatic heterocycles. The number of hydrogen-bond acceptors (Lipinski definition) is 5. The SMILES string of the molecule is Cc1nnc2c(Nc3ccc(C(=O)O)c(F)c3)nccn12. The summed E-state index contributed by atoms with van der Waals surface area (Å²) in [6.07, 6.45) is 3.28. The van der Waals surface area contributed by atoms with Crippen LogP contribution in [-0.2, 0) is 0 Å². The fourth-order valence-corrected chi connectivity index (χ4v) is 1.93. The van der Waals surface area contributed by atoms with Crippen molar-refractivity contribution in [2.24, 2.45) is 0 Å². The summed E-state index contributed by atoms with van der Waals surface area (Å²) in [5, 5.41) is 19.6. The molecule has 0 amide bonds. The molecule has 106 valence electrons. The Morgan fingerprint density at radius 3 is 2.90 bits per heavy atom. The molecule has 3 aromatic rings. The third kappa shape index (κ3) is 2.27. The van der Waals surface area contributed by atoms with Crippen LogP contribution in [-0.4, -0.2) is 30.7 Å². The number of benzene rings is 1. The maximum Gasteiger partial charge on any atom is 0.338 e. The molecule has 0 saturated carbocycles. The van der Waals surface area contributed by atoms with E-state index in [0.29, 0.717) is 23.0 Å². The minimum absolute atomic E-state index is 0.374. The van der Waals surface area contributed by atoms with Crippen molar-refractivity contribution in [3.63, 3.8) is 0 Å². The smallest absolute Gasteiger partial charge is 0.338 e. The fraction of sp³-hybridized carbons (Fsp3) is 0.0769. The molecule has 0 aliphatic rings. The number of aryl methyl sites for hydroxylation is 1. The maximum atomic E-state index is 13.6. The lowest BCUT2D eigenvalue weighted by molar-refractivity contribution is 0.0692. The first kappa shape index (κ1) is 13.0. The summed E-state index contributed by atoms with van der Waals surface area (Å²) < 4.78 is 15.4. The molecule has 2 aromatic heterocycles. The molecule has 0 spiro atoms. The number of hydrogen-bond donors (Lipinski definition) is 2. The summed E-state index contributed by atoms with van der Waals surface area (Å²) in [7, 11) is 0. The number of carboxylic acids is 1. The summed E-state index contributed by atoms with van der Waals surface area (Å²) >= 11 is 0. The van der Waals surface area contributed by atoms with E-state index in [1.807, 2.05) is 0 Å². The monoisotopic (exact) mass is 287 g/mol. The van der Waals surface area contributed by atoms with Gasteiger partial charge in [0.2, 0.25) is 5.65 Å². The predicted octanol–water partition coefficient (Wildman–Crippen LogP) is 2.01. The number of aromatic carboxylic acids is 1. The van der Waals surface area contributed by atoms with E-state index in [9.17, 15) is 9.18 Å². The molecule has 2 N–H and O–H groups in total. The van der Waals surface area contributed by atoms with Gasteiger partial charge in [0.15, 0.2) is 5.82 Å². The molecule has 0 radical (unpaired) electrons. The zero-order valence-electron chi connectivity index (χ0n) is 10.9. The molecule has 21 heavy (non-hydrogen) atoms. The number of rotatable bonds is 3. The number of carboxylic acid groups (broad SMARTS) is 1. The van der Waals surface area contributed by atoms with E-state index in [0.717, 1.165) is 6.07 Å². The zero-order chi connectivity index (χ0) is 15.0. The van der Waals surface area contributed by atoms with Crippen LogP contribution in [0.15, 0.2) is 30.6 Å². The molecule has 7 nitrogen and oxygen atoms in total. The Morgan fingerprint density at radius 1 is 1.38 bits per heavy atom. The van der Waals surface area contributed by atoms with E-state index in [1.165, 1.54) is 12.1 Å². The highest BCUT2D eigenvalue weighted by molar-refractivity contribution is 5.88. The highest BCUT2D eigenvalue weighted by Crippen LogP contribution is 2.21. The average Bonchev–Trinajstić information content (AvgIpc) is 2.81. The molecule has 0 bridgehead atoms. The van der Waals surface area contributed by atoms with Gasteiger partial charge in [-0.05, 0) is 25.1 Å². The van der Waals surface area contributed by atoms with Crippen LogP contribution in [0.1, 0.15) is 16.2 Å². The predicted molar refractivity (Wildman–Crippen MR) is 72.2 cm³/mol. The first-order valence-corrected chi connectivity index (χ1v) is 6.02. The zero-order valence-corrected chi connectivity index (χ0v) is 10.9. The average molecular weight is 287 g/mol. The molecule has 8 heteroatoms.